The van der Waals surface area contributed by atoms with Crippen LogP contribution in [0.3, 0.4) is 0 Å². The van der Waals surface area contributed by atoms with Crippen molar-refractivity contribution < 1.29 is 19.1 Å². The molecule has 0 saturated heterocycles. The molecule has 0 N–H and O–H groups in total. The minimum Gasteiger partial charge on any atom is -0.460 e. The summed E-state index contributed by atoms with van der Waals surface area (Å²) in [5, 5.41) is 0. The Kier molecular flexibility index (Phi) is 6.86. The highest BCUT2D eigenvalue weighted by Gasteiger charge is 2.23. The van der Waals surface area contributed by atoms with Crippen LogP contribution in [0.5, 0.6) is 0 Å². The minimum atomic E-state index is -0.556. The zero-order chi connectivity index (χ0) is 17.8. The molecule has 22 heavy (non-hydrogen) atoms. The van der Waals surface area contributed by atoms with Gasteiger partial charge in [0.1, 0.15) is 11.2 Å². The second-order valence-corrected chi connectivity index (χ2v) is 8.62. The van der Waals surface area contributed by atoms with Crippen LogP contribution in [0.1, 0.15) is 75.2 Å². The van der Waals surface area contributed by atoms with Gasteiger partial charge >= 0.3 is 11.9 Å². The highest BCUT2D eigenvalue weighted by atomic mass is 16.6. The summed E-state index contributed by atoms with van der Waals surface area (Å²) in [4.78, 5) is 24.1. The van der Waals surface area contributed by atoms with Gasteiger partial charge in [-0.05, 0) is 53.4 Å². The largest absolute Gasteiger partial charge is 0.460 e. The Labute approximate surface area is 135 Å². The monoisotopic (exact) mass is 312 g/mol. The van der Waals surface area contributed by atoms with Crippen LogP contribution in [0.4, 0.5) is 0 Å². The molecule has 0 aromatic heterocycles. The molecule has 0 aliphatic carbocycles. The van der Waals surface area contributed by atoms with Crippen LogP contribution in [0.2, 0.25) is 0 Å². The summed E-state index contributed by atoms with van der Waals surface area (Å²) in [5.74, 6) is -0.679. The van der Waals surface area contributed by atoms with E-state index in [1.165, 1.54) is 0 Å². The zero-order valence-electron chi connectivity index (χ0n) is 15.6. The standard InChI is InChI=1S/C18H32O4/c1-16(2,3)12-13(15(20)22-18(7,8)9)10-11-14(19)21-17(4,5)6/h12H,10-11H2,1-9H3/b13-12+. The van der Waals surface area contributed by atoms with E-state index < -0.39 is 11.2 Å². The average molecular weight is 312 g/mol. The Morgan fingerprint density at radius 3 is 1.59 bits per heavy atom. The van der Waals surface area contributed by atoms with Crippen LogP contribution in [-0.2, 0) is 19.1 Å². The lowest BCUT2D eigenvalue weighted by Gasteiger charge is -2.23. The molecule has 0 spiro atoms. The number of ether oxygens (including phenoxy) is 2. The second kappa shape index (κ2) is 7.30. The van der Waals surface area contributed by atoms with E-state index in [2.05, 4.69) is 0 Å². The van der Waals surface area contributed by atoms with Gasteiger partial charge in [0.25, 0.3) is 0 Å². The summed E-state index contributed by atoms with van der Waals surface area (Å²) in [5.41, 5.74) is -0.717. The summed E-state index contributed by atoms with van der Waals surface area (Å²) in [6, 6.07) is 0. The van der Waals surface area contributed by atoms with Crippen LogP contribution in [0, 0.1) is 5.41 Å². The third-order valence-corrected chi connectivity index (χ3v) is 2.29. The van der Waals surface area contributed by atoms with Gasteiger partial charge < -0.3 is 9.47 Å². The summed E-state index contributed by atoms with van der Waals surface area (Å²) in [6.07, 6.45) is 2.35. The van der Waals surface area contributed by atoms with E-state index in [1.54, 1.807) is 0 Å². The van der Waals surface area contributed by atoms with Crippen LogP contribution in [-0.4, -0.2) is 23.1 Å². The molecule has 128 valence electrons. The highest BCUT2D eigenvalue weighted by Crippen LogP contribution is 2.23. The maximum atomic E-state index is 12.3. The molecular weight excluding hydrogens is 280 g/mol. The van der Waals surface area contributed by atoms with E-state index in [-0.39, 0.29) is 23.8 Å². The molecule has 0 radical (unpaired) electrons. The average Bonchev–Trinajstić information content (AvgIpc) is 2.17. The summed E-state index contributed by atoms with van der Waals surface area (Å²) in [6.45, 7) is 17.0. The van der Waals surface area contributed by atoms with Crippen molar-refractivity contribution in [1.29, 1.82) is 0 Å². The van der Waals surface area contributed by atoms with Gasteiger partial charge in [0.15, 0.2) is 0 Å². The highest BCUT2D eigenvalue weighted by molar-refractivity contribution is 5.89. The van der Waals surface area contributed by atoms with Crippen molar-refractivity contribution in [3.63, 3.8) is 0 Å². The van der Waals surface area contributed by atoms with E-state index in [0.717, 1.165) is 0 Å². The number of carbonyl (C=O) groups excluding carboxylic acids is 2. The molecule has 4 heteroatoms. The fourth-order valence-electron chi connectivity index (χ4n) is 1.73. The van der Waals surface area contributed by atoms with Gasteiger partial charge in [0, 0.05) is 12.0 Å². The Morgan fingerprint density at radius 2 is 1.23 bits per heavy atom. The quantitative estimate of drug-likeness (QED) is 0.569. The molecule has 0 saturated carbocycles. The van der Waals surface area contributed by atoms with Crippen molar-refractivity contribution in [2.75, 3.05) is 0 Å². The topological polar surface area (TPSA) is 52.6 Å². The first kappa shape index (κ1) is 20.7. The molecule has 0 heterocycles. The van der Waals surface area contributed by atoms with E-state index in [0.29, 0.717) is 12.0 Å². The Balaban J connectivity index is 4.95. The third-order valence-electron chi connectivity index (χ3n) is 2.29. The van der Waals surface area contributed by atoms with Crippen molar-refractivity contribution in [2.24, 2.45) is 5.41 Å². The molecule has 0 aliphatic rings. The Hall–Kier alpha value is -1.32. The lowest BCUT2D eigenvalue weighted by Crippen LogP contribution is -2.26. The zero-order valence-corrected chi connectivity index (χ0v) is 15.6. The molecule has 0 bridgehead atoms. The van der Waals surface area contributed by atoms with Gasteiger partial charge in [-0.2, -0.15) is 0 Å². The number of hydrogen-bond acceptors (Lipinski definition) is 4. The first-order valence-corrected chi connectivity index (χ1v) is 7.76. The molecule has 0 fully saturated rings. The predicted molar refractivity (Wildman–Crippen MR) is 88.5 cm³/mol. The number of esters is 2. The first-order valence-electron chi connectivity index (χ1n) is 7.76. The molecule has 0 rings (SSSR count). The van der Waals surface area contributed by atoms with Crippen molar-refractivity contribution >= 4 is 11.9 Å². The number of rotatable bonds is 4. The van der Waals surface area contributed by atoms with Crippen LogP contribution < -0.4 is 0 Å². The van der Waals surface area contributed by atoms with Crippen molar-refractivity contribution in [1.82, 2.24) is 0 Å². The van der Waals surface area contributed by atoms with Gasteiger partial charge in [0.05, 0.1) is 0 Å². The van der Waals surface area contributed by atoms with Gasteiger partial charge in [-0.15, -0.1) is 0 Å². The predicted octanol–water partition coefficient (Wildman–Crippen LogP) is 4.42. The smallest absolute Gasteiger partial charge is 0.334 e. The SMILES string of the molecule is CC(C)(C)/C=C(\CCC(=O)OC(C)(C)C)C(=O)OC(C)(C)C. The molecule has 0 aliphatic heterocycles. The Bertz CT molecular complexity index is 425. The van der Waals surface area contributed by atoms with Crippen LogP contribution in [0.25, 0.3) is 0 Å². The van der Waals surface area contributed by atoms with Gasteiger partial charge in [-0.25, -0.2) is 4.79 Å². The number of allylic oxidation sites excluding steroid dienone is 1. The normalized spacial score (nSPS) is 13.8. The van der Waals surface area contributed by atoms with E-state index >= 15 is 0 Å². The number of carbonyl (C=O) groups is 2. The van der Waals surface area contributed by atoms with Crippen molar-refractivity contribution in [3.8, 4) is 0 Å². The lowest BCUT2D eigenvalue weighted by molar-refractivity contribution is -0.154. The van der Waals surface area contributed by atoms with Gasteiger partial charge in [-0.1, -0.05) is 26.8 Å². The fraction of sp³-hybridized carbons (Fsp3) is 0.778. The van der Waals surface area contributed by atoms with Gasteiger partial charge in [0.2, 0.25) is 0 Å². The first-order chi connectivity index (χ1) is 9.59. The van der Waals surface area contributed by atoms with Crippen LogP contribution in [0.15, 0.2) is 11.6 Å². The van der Waals surface area contributed by atoms with Crippen LogP contribution >= 0.6 is 0 Å². The summed E-state index contributed by atoms with van der Waals surface area (Å²) < 4.78 is 10.7. The molecule has 0 aromatic rings. The van der Waals surface area contributed by atoms with Crippen molar-refractivity contribution in [2.45, 2.75) is 86.4 Å². The molecule has 0 amide bonds. The minimum absolute atomic E-state index is 0.165. The molecule has 0 atom stereocenters. The van der Waals surface area contributed by atoms with E-state index in [4.69, 9.17) is 9.47 Å². The Morgan fingerprint density at radius 1 is 0.773 bits per heavy atom. The molecular formula is C18H32O4. The molecule has 0 aromatic carbocycles. The van der Waals surface area contributed by atoms with Gasteiger partial charge in [-0.3, -0.25) is 4.79 Å². The molecule has 0 unspecified atom stereocenters. The summed E-state index contributed by atoms with van der Waals surface area (Å²) in [7, 11) is 0. The second-order valence-electron chi connectivity index (χ2n) is 8.62. The summed E-state index contributed by atoms with van der Waals surface area (Å²) >= 11 is 0. The lowest BCUT2D eigenvalue weighted by atomic mass is 9.92. The third kappa shape index (κ3) is 11.4. The van der Waals surface area contributed by atoms with Crippen molar-refractivity contribution in [3.05, 3.63) is 11.6 Å². The maximum Gasteiger partial charge on any atom is 0.334 e. The van der Waals surface area contributed by atoms with E-state index in [9.17, 15) is 9.59 Å². The van der Waals surface area contributed by atoms with E-state index in [1.807, 2.05) is 68.4 Å². The maximum absolute atomic E-state index is 12.3. The number of hydrogen-bond donors (Lipinski definition) is 0. The fourth-order valence-corrected chi connectivity index (χ4v) is 1.73. The molecule has 4 nitrogen and oxygen atoms in total.